The molecular weight excluding hydrogens is 241 g/mol. The van der Waals surface area contributed by atoms with Crippen molar-refractivity contribution in [3.63, 3.8) is 0 Å². The highest BCUT2D eigenvalue weighted by Crippen LogP contribution is 2.14. The summed E-state index contributed by atoms with van der Waals surface area (Å²) in [4.78, 5) is 4.52. The molecule has 0 aliphatic carbocycles. The number of halogens is 1. The summed E-state index contributed by atoms with van der Waals surface area (Å²) in [5.41, 5.74) is 7.77. The van der Waals surface area contributed by atoms with Crippen molar-refractivity contribution in [2.75, 3.05) is 33.7 Å². The van der Waals surface area contributed by atoms with Crippen molar-refractivity contribution in [2.24, 2.45) is 5.73 Å². The summed E-state index contributed by atoms with van der Waals surface area (Å²) < 4.78 is 13.4. The van der Waals surface area contributed by atoms with Crippen LogP contribution in [0, 0.1) is 5.82 Å². The van der Waals surface area contributed by atoms with Gasteiger partial charge < -0.3 is 10.6 Å². The number of nitrogens with zero attached hydrogens (tertiary/aromatic N) is 2. The van der Waals surface area contributed by atoms with Gasteiger partial charge in [-0.3, -0.25) is 4.90 Å². The van der Waals surface area contributed by atoms with E-state index in [0.29, 0.717) is 6.54 Å². The van der Waals surface area contributed by atoms with Gasteiger partial charge >= 0.3 is 0 Å². The van der Waals surface area contributed by atoms with Crippen LogP contribution in [0.5, 0.6) is 0 Å². The normalized spacial score (nSPS) is 11.5. The van der Waals surface area contributed by atoms with Crippen LogP contribution in [-0.2, 0) is 13.1 Å². The highest BCUT2D eigenvalue weighted by atomic mass is 19.1. The lowest BCUT2D eigenvalue weighted by Crippen LogP contribution is -2.32. The zero-order valence-corrected chi connectivity index (χ0v) is 12.3. The molecule has 1 rings (SSSR count). The SMILES string of the molecule is CCCN(CCN(C)C)Cc1cc(F)ccc1CN. The molecule has 0 heterocycles. The van der Waals surface area contributed by atoms with E-state index in [1.54, 1.807) is 12.1 Å². The second-order valence-electron chi connectivity index (χ2n) is 5.20. The molecular formula is C15H26FN3. The smallest absolute Gasteiger partial charge is 0.123 e. The van der Waals surface area contributed by atoms with Crippen LogP contribution >= 0.6 is 0 Å². The highest BCUT2D eigenvalue weighted by molar-refractivity contribution is 5.27. The van der Waals surface area contributed by atoms with E-state index in [-0.39, 0.29) is 5.82 Å². The summed E-state index contributed by atoms with van der Waals surface area (Å²) in [5, 5.41) is 0. The Kier molecular flexibility index (Phi) is 6.99. The Bertz CT molecular complexity index is 380. The summed E-state index contributed by atoms with van der Waals surface area (Å²) in [6.07, 6.45) is 1.10. The fourth-order valence-electron chi connectivity index (χ4n) is 2.11. The molecule has 0 bridgehead atoms. The van der Waals surface area contributed by atoms with Crippen molar-refractivity contribution in [3.8, 4) is 0 Å². The van der Waals surface area contributed by atoms with E-state index in [0.717, 1.165) is 43.7 Å². The van der Waals surface area contributed by atoms with Crippen molar-refractivity contribution in [1.29, 1.82) is 0 Å². The van der Waals surface area contributed by atoms with E-state index < -0.39 is 0 Å². The Balaban J connectivity index is 2.74. The topological polar surface area (TPSA) is 32.5 Å². The molecule has 0 amide bonds. The van der Waals surface area contributed by atoms with Gasteiger partial charge in [0.25, 0.3) is 0 Å². The Labute approximate surface area is 116 Å². The first-order valence-electron chi connectivity index (χ1n) is 6.91. The van der Waals surface area contributed by atoms with Crippen molar-refractivity contribution < 1.29 is 4.39 Å². The Hall–Kier alpha value is -0.970. The maximum atomic E-state index is 13.4. The van der Waals surface area contributed by atoms with Crippen LogP contribution in [-0.4, -0.2) is 43.5 Å². The van der Waals surface area contributed by atoms with Gasteiger partial charge in [-0.2, -0.15) is 0 Å². The molecule has 0 aliphatic heterocycles. The van der Waals surface area contributed by atoms with Crippen molar-refractivity contribution in [1.82, 2.24) is 9.80 Å². The van der Waals surface area contributed by atoms with Gasteiger partial charge in [-0.15, -0.1) is 0 Å². The third-order valence-electron chi connectivity index (χ3n) is 3.19. The molecule has 0 atom stereocenters. The maximum Gasteiger partial charge on any atom is 0.123 e. The summed E-state index contributed by atoms with van der Waals surface area (Å²) in [6, 6.07) is 4.89. The third kappa shape index (κ3) is 5.68. The minimum atomic E-state index is -0.184. The van der Waals surface area contributed by atoms with E-state index in [4.69, 9.17) is 5.73 Å². The van der Waals surface area contributed by atoms with Gasteiger partial charge in [-0.1, -0.05) is 13.0 Å². The summed E-state index contributed by atoms with van der Waals surface area (Å²) in [5.74, 6) is -0.184. The van der Waals surface area contributed by atoms with Gasteiger partial charge in [0, 0.05) is 26.2 Å². The molecule has 0 spiro atoms. The first-order valence-corrected chi connectivity index (χ1v) is 6.91. The van der Waals surface area contributed by atoms with E-state index >= 15 is 0 Å². The molecule has 0 aromatic heterocycles. The molecule has 0 saturated carbocycles. The van der Waals surface area contributed by atoms with Crippen LogP contribution in [0.1, 0.15) is 24.5 Å². The fraction of sp³-hybridized carbons (Fsp3) is 0.600. The number of hydrogen-bond acceptors (Lipinski definition) is 3. The lowest BCUT2D eigenvalue weighted by molar-refractivity contribution is 0.233. The molecule has 3 nitrogen and oxygen atoms in total. The van der Waals surface area contributed by atoms with Crippen molar-refractivity contribution >= 4 is 0 Å². The highest BCUT2D eigenvalue weighted by Gasteiger charge is 2.09. The van der Waals surface area contributed by atoms with Gasteiger partial charge in [-0.05, 0) is 50.3 Å². The standard InChI is InChI=1S/C15H26FN3/c1-4-7-19(9-8-18(2)3)12-14-10-15(16)6-5-13(14)11-17/h5-6,10H,4,7-9,11-12,17H2,1-3H3. The summed E-state index contributed by atoms with van der Waals surface area (Å²) in [7, 11) is 4.13. The molecule has 0 fully saturated rings. The van der Waals surface area contributed by atoms with Gasteiger partial charge in [0.05, 0.1) is 0 Å². The van der Waals surface area contributed by atoms with E-state index in [2.05, 4.69) is 30.8 Å². The Morgan fingerprint density at radius 2 is 1.84 bits per heavy atom. The molecule has 0 saturated heterocycles. The van der Waals surface area contributed by atoms with Gasteiger partial charge in [0.15, 0.2) is 0 Å². The largest absolute Gasteiger partial charge is 0.326 e. The first-order chi connectivity index (χ1) is 9.06. The summed E-state index contributed by atoms with van der Waals surface area (Å²) in [6.45, 7) is 6.41. The van der Waals surface area contributed by atoms with Crippen LogP contribution in [0.15, 0.2) is 18.2 Å². The zero-order valence-electron chi connectivity index (χ0n) is 12.3. The molecule has 4 heteroatoms. The van der Waals surface area contributed by atoms with Gasteiger partial charge in [-0.25, -0.2) is 4.39 Å². The molecule has 1 aromatic carbocycles. The predicted molar refractivity (Wildman–Crippen MR) is 78.4 cm³/mol. The molecule has 0 unspecified atom stereocenters. The second-order valence-corrected chi connectivity index (χ2v) is 5.20. The average Bonchev–Trinajstić information content (AvgIpc) is 2.36. The van der Waals surface area contributed by atoms with Gasteiger partial charge in [0.1, 0.15) is 5.82 Å². The molecule has 19 heavy (non-hydrogen) atoms. The van der Waals surface area contributed by atoms with Gasteiger partial charge in [0.2, 0.25) is 0 Å². The number of nitrogens with two attached hydrogens (primary N) is 1. The van der Waals surface area contributed by atoms with E-state index in [1.165, 1.54) is 6.07 Å². The monoisotopic (exact) mass is 267 g/mol. The minimum Gasteiger partial charge on any atom is -0.326 e. The third-order valence-corrected chi connectivity index (χ3v) is 3.19. The van der Waals surface area contributed by atoms with E-state index in [1.807, 2.05) is 0 Å². The maximum absolute atomic E-state index is 13.4. The number of hydrogen-bond donors (Lipinski definition) is 1. The van der Waals surface area contributed by atoms with Crippen LogP contribution in [0.2, 0.25) is 0 Å². The van der Waals surface area contributed by atoms with Crippen LogP contribution in [0.25, 0.3) is 0 Å². The Morgan fingerprint density at radius 1 is 1.11 bits per heavy atom. The van der Waals surface area contributed by atoms with Crippen LogP contribution < -0.4 is 5.73 Å². The quantitative estimate of drug-likeness (QED) is 0.782. The molecule has 2 N–H and O–H groups in total. The minimum absolute atomic E-state index is 0.184. The number of benzene rings is 1. The van der Waals surface area contributed by atoms with Crippen molar-refractivity contribution in [3.05, 3.63) is 35.1 Å². The second kappa shape index (κ2) is 8.25. The average molecular weight is 267 g/mol. The first kappa shape index (κ1) is 16.1. The number of rotatable bonds is 8. The lowest BCUT2D eigenvalue weighted by atomic mass is 10.1. The molecule has 0 radical (unpaired) electrons. The van der Waals surface area contributed by atoms with E-state index in [9.17, 15) is 4.39 Å². The number of likely N-dealkylation sites (N-methyl/N-ethyl adjacent to an activating group) is 1. The zero-order chi connectivity index (χ0) is 14.3. The fourth-order valence-corrected chi connectivity index (χ4v) is 2.11. The predicted octanol–water partition coefficient (Wildman–Crippen LogP) is 2.06. The van der Waals surface area contributed by atoms with Crippen LogP contribution in [0.4, 0.5) is 4.39 Å². The molecule has 108 valence electrons. The van der Waals surface area contributed by atoms with Crippen molar-refractivity contribution in [2.45, 2.75) is 26.4 Å². The lowest BCUT2D eigenvalue weighted by Gasteiger charge is -2.24. The van der Waals surface area contributed by atoms with Crippen LogP contribution in [0.3, 0.4) is 0 Å². The Morgan fingerprint density at radius 3 is 2.42 bits per heavy atom. The summed E-state index contributed by atoms with van der Waals surface area (Å²) >= 11 is 0. The molecule has 0 aliphatic rings. The molecule has 1 aromatic rings.